The first kappa shape index (κ1) is 14.1. The Bertz CT molecular complexity index is 809. The fourth-order valence-electron chi connectivity index (χ4n) is 3.03. The largest absolute Gasteiger partial charge is 0.393 e. The maximum Gasteiger partial charge on any atom is 0.223 e. The van der Waals surface area contributed by atoms with Crippen molar-refractivity contribution in [3.8, 4) is 11.4 Å². The van der Waals surface area contributed by atoms with Crippen LogP contribution in [0.15, 0.2) is 41.1 Å². The predicted molar refractivity (Wildman–Crippen MR) is 86.9 cm³/mol. The number of aromatic nitrogens is 3. The van der Waals surface area contributed by atoms with Crippen molar-refractivity contribution in [2.24, 2.45) is 0 Å². The first-order valence-electron chi connectivity index (χ1n) is 7.92. The summed E-state index contributed by atoms with van der Waals surface area (Å²) in [5.74, 6) is 0.593. The number of hydrogen-bond donors (Lipinski definition) is 2. The minimum atomic E-state index is -0.165. The Morgan fingerprint density at radius 3 is 2.78 bits per heavy atom. The Kier molecular flexibility index (Phi) is 3.67. The van der Waals surface area contributed by atoms with Gasteiger partial charge in [-0.15, -0.1) is 0 Å². The summed E-state index contributed by atoms with van der Waals surface area (Å²) in [5, 5.41) is 18.0. The molecule has 0 amide bonds. The van der Waals surface area contributed by atoms with E-state index in [4.69, 9.17) is 4.52 Å². The van der Waals surface area contributed by atoms with Crippen molar-refractivity contribution in [3.63, 3.8) is 0 Å². The second-order valence-electron chi connectivity index (χ2n) is 5.94. The quantitative estimate of drug-likeness (QED) is 0.773. The average molecular weight is 310 g/mol. The predicted octanol–water partition coefficient (Wildman–Crippen LogP) is 3.00. The molecule has 1 aromatic carbocycles. The molecular formula is C17H18N4O2. The van der Waals surface area contributed by atoms with Gasteiger partial charge in [0.25, 0.3) is 0 Å². The molecule has 6 heteroatoms. The van der Waals surface area contributed by atoms with E-state index in [2.05, 4.69) is 20.4 Å². The monoisotopic (exact) mass is 310 g/mol. The highest BCUT2D eigenvalue weighted by Gasteiger charge is 2.20. The standard InChI is InChI=1S/C17H18N4O2/c22-12-7-5-11(6-8-12)19-17-18-10-9-14(20-17)16-13-3-1-2-4-15(13)23-21-16/h1-4,9-12,22H,5-8H2,(H,18,19,20). The SMILES string of the molecule is OC1CCC(Nc2nccc(-c3noc4ccccc34)n2)CC1. The van der Waals surface area contributed by atoms with Crippen LogP contribution in [0.4, 0.5) is 5.95 Å². The highest BCUT2D eigenvalue weighted by atomic mass is 16.5. The molecule has 4 rings (SSSR count). The molecule has 0 unspecified atom stereocenters. The molecule has 0 atom stereocenters. The number of anilines is 1. The highest BCUT2D eigenvalue weighted by Crippen LogP contribution is 2.27. The molecule has 1 aliphatic carbocycles. The van der Waals surface area contributed by atoms with Crippen LogP contribution in [0.3, 0.4) is 0 Å². The summed E-state index contributed by atoms with van der Waals surface area (Å²) in [6, 6.07) is 9.87. The summed E-state index contributed by atoms with van der Waals surface area (Å²) in [6.45, 7) is 0. The summed E-state index contributed by atoms with van der Waals surface area (Å²) in [5.41, 5.74) is 2.21. The van der Waals surface area contributed by atoms with E-state index in [1.54, 1.807) is 6.20 Å². The van der Waals surface area contributed by atoms with Crippen LogP contribution in [0.2, 0.25) is 0 Å². The molecule has 2 aromatic heterocycles. The van der Waals surface area contributed by atoms with E-state index in [1.807, 2.05) is 30.3 Å². The molecule has 1 aliphatic rings. The van der Waals surface area contributed by atoms with Gasteiger partial charge >= 0.3 is 0 Å². The van der Waals surface area contributed by atoms with Crippen LogP contribution in [0.1, 0.15) is 25.7 Å². The van der Waals surface area contributed by atoms with E-state index in [0.29, 0.717) is 12.0 Å². The molecule has 118 valence electrons. The van der Waals surface area contributed by atoms with Crippen LogP contribution in [0.25, 0.3) is 22.4 Å². The Morgan fingerprint density at radius 2 is 1.91 bits per heavy atom. The van der Waals surface area contributed by atoms with Gasteiger partial charge in [0.1, 0.15) is 5.69 Å². The van der Waals surface area contributed by atoms with Crippen molar-refractivity contribution in [2.75, 3.05) is 5.32 Å². The zero-order valence-electron chi connectivity index (χ0n) is 12.6. The highest BCUT2D eigenvalue weighted by molar-refractivity contribution is 5.90. The lowest BCUT2D eigenvalue weighted by Gasteiger charge is -2.26. The molecule has 0 aliphatic heterocycles. The first-order valence-corrected chi connectivity index (χ1v) is 7.92. The Morgan fingerprint density at radius 1 is 1.09 bits per heavy atom. The zero-order valence-corrected chi connectivity index (χ0v) is 12.6. The molecule has 2 N–H and O–H groups in total. The van der Waals surface area contributed by atoms with E-state index >= 15 is 0 Å². The normalized spacial score (nSPS) is 21.4. The number of hydrogen-bond acceptors (Lipinski definition) is 6. The summed E-state index contributed by atoms with van der Waals surface area (Å²) in [4.78, 5) is 8.87. The van der Waals surface area contributed by atoms with Gasteiger partial charge in [0, 0.05) is 12.2 Å². The van der Waals surface area contributed by atoms with Gasteiger partial charge in [-0.3, -0.25) is 0 Å². The van der Waals surface area contributed by atoms with Crippen LogP contribution in [0.5, 0.6) is 0 Å². The first-order chi connectivity index (χ1) is 11.3. The number of rotatable bonds is 3. The van der Waals surface area contributed by atoms with Crippen LogP contribution < -0.4 is 5.32 Å². The topological polar surface area (TPSA) is 84.1 Å². The number of fused-ring (bicyclic) bond motifs is 1. The van der Waals surface area contributed by atoms with Crippen LogP contribution in [-0.2, 0) is 0 Å². The Balaban J connectivity index is 1.59. The van der Waals surface area contributed by atoms with Crippen LogP contribution in [0, 0.1) is 0 Å². The van der Waals surface area contributed by atoms with Gasteiger partial charge < -0.3 is 14.9 Å². The third-order valence-electron chi connectivity index (χ3n) is 4.31. The van der Waals surface area contributed by atoms with E-state index in [0.717, 1.165) is 48.0 Å². The number of aliphatic hydroxyl groups is 1. The summed E-state index contributed by atoms with van der Waals surface area (Å²) in [6.07, 6.45) is 5.08. The molecular weight excluding hydrogens is 292 g/mol. The van der Waals surface area contributed by atoms with E-state index < -0.39 is 0 Å². The lowest BCUT2D eigenvalue weighted by Crippen LogP contribution is -2.28. The Labute approximate surface area is 133 Å². The lowest BCUT2D eigenvalue weighted by molar-refractivity contribution is 0.126. The minimum Gasteiger partial charge on any atom is -0.393 e. The second kappa shape index (κ2) is 5.96. The minimum absolute atomic E-state index is 0.165. The van der Waals surface area contributed by atoms with E-state index in [9.17, 15) is 5.11 Å². The van der Waals surface area contributed by atoms with Crippen molar-refractivity contribution >= 4 is 16.9 Å². The number of aliphatic hydroxyl groups excluding tert-OH is 1. The molecule has 1 saturated carbocycles. The van der Waals surface area contributed by atoms with Gasteiger partial charge in [-0.1, -0.05) is 17.3 Å². The Hall–Kier alpha value is -2.47. The number of nitrogens with one attached hydrogen (secondary N) is 1. The van der Waals surface area contributed by atoms with E-state index in [1.165, 1.54) is 0 Å². The van der Waals surface area contributed by atoms with Crippen molar-refractivity contribution in [3.05, 3.63) is 36.5 Å². The average Bonchev–Trinajstić information content (AvgIpc) is 3.01. The maximum atomic E-state index is 9.59. The molecule has 23 heavy (non-hydrogen) atoms. The van der Waals surface area contributed by atoms with Crippen LogP contribution >= 0.6 is 0 Å². The molecule has 3 aromatic rings. The fourth-order valence-corrected chi connectivity index (χ4v) is 3.03. The van der Waals surface area contributed by atoms with Crippen molar-refractivity contribution in [2.45, 2.75) is 37.8 Å². The molecule has 6 nitrogen and oxygen atoms in total. The van der Waals surface area contributed by atoms with Gasteiger partial charge in [-0.05, 0) is 43.9 Å². The van der Waals surface area contributed by atoms with Crippen LogP contribution in [-0.4, -0.2) is 32.4 Å². The van der Waals surface area contributed by atoms with Crippen molar-refractivity contribution in [1.82, 2.24) is 15.1 Å². The van der Waals surface area contributed by atoms with Gasteiger partial charge in [-0.2, -0.15) is 0 Å². The molecule has 1 fully saturated rings. The van der Waals surface area contributed by atoms with Gasteiger partial charge in [0.15, 0.2) is 5.58 Å². The number of benzene rings is 1. The fraction of sp³-hybridized carbons (Fsp3) is 0.353. The summed E-state index contributed by atoms with van der Waals surface area (Å²) >= 11 is 0. The van der Waals surface area contributed by atoms with E-state index in [-0.39, 0.29) is 6.10 Å². The van der Waals surface area contributed by atoms with Gasteiger partial charge in [0.05, 0.1) is 17.2 Å². The number of nitrogens with zero attached hydrogens (tertiary/aromatic N) is 3. The molecule has 0 spiro atoms. The molecule has 2 heterocycles. The van der Waals surface area contributed by atoms with Gasteiger partial charge in [-0.25, -0.2) is 9.97 Å². The lowest BCUT2D eigenvalue weighted by atomic mass is 9.93. The number of para-hydroxylation sites is 1. The zero-order chi connectivity index (χ0) is 15.6. The smallest absolute Gasteiger partial charge is 0.223 e. The van der Waals surface area contributed by atoms with Gasteiger partial charge in [0.2, 0.25) is 5.95 Å². The van der Waals surface area contributed by atoms with Crippen molar-refractivity contribution in [1.29, 1.82) is 0 Å². The molecule has 0 bridgehead atoms. The maximum absolute atomic E-state index is 9.59. The molecule has 0 radical (unpaired) electrons. The third kappa shape index (κ3) is 2.90. The summed E-state index contributed by atoms with van der Waals surface area (Å²) in [7, 11) is 0. The third-order valence-corrected chi connectivity index (χ3v) is 4.31. The second-order valence-corrected chi connectivity index (χ2v) is 5.94. The van der Waals surface area contributed by atoms with Crippen molar-refractivity contribution < 1.29 is 9.63 Å². The summed E-state index contributed by atoms with van der Waals surface area (Å²) < 4.78 is 5.35. The molecule has 0 saturated heterocycles.